The normalized spacial score (nSPS) is 11.1. The van der Waals surface area contributed by atoms with Gasteiger partial charge in [-0.15, -0.1) is 0 Å². The molecule has 1 heterocycles. The van der Waals surface area contributed by atoms with Gasteiger partial charge in [0.05, 0.1) is 0 Å². The molecule has 1 atom stereocenters. The highest BCUT2D eigenvalue weighted by molar-refractivity contribution is 5.94. The largest absolute Gasteiger partial charge is 0.334 e. The molecule has 8 rings (SSSR count). The molecule has 0 saturated carbocycles. The number of rotatable bonds is 13. The Hall–Kier alpha value is -7.29. The minimum atomic E-state index is 0.526. The van der Waals surface area contributed by atoms with E-state index in [9.17, 15) is 0 Å². The Morgan fingerprint density at radius 3 is 1.38 bits per heavy atom. The van der Waals surface area contributed by atoms with Crippen LogP contribution >= 0.6 is 0 Å². The van der Waals surface area contributed by atoms with Gasteiger partial charge >= 0.3 is 0 Å². The highest BCUT2D eigenvalue weighted by Gasteiger charge is 2.17. The van der Waals surface area contributed by atoms with Crippen molar-refractivity contribution in [2.24, 2.45) is 7.05 Å². The van der Waals surface area contributed by atoms with E-state index in [1.54, 1.807) is 0 Å². The zero-order chi connectivity index (χ0) is 51.7. The van der Waals surface area contributed by atoms with Gasteiger partial charge in [0.25, 0.3) is 0 Å². The summed E-state index contributed by atoms with van der Waals surface area (Å²) in [7, 11) is 2.04. The first kappa shape index (κ1) is 56.3. The van der Waals surface area contributed by atoms with Crippen LogP contribution in [0.3, 0.4) is 0 Å². The molecule has 1 aromatic heterocycles. The van der Waals surface area contributed by atoms with Crippen molar-refractivity contribution in [3.05, 3.63) is 230 Å². The summed E-state index contributed by atoms with van der Waals surface area (Å²) in [6.45, 7) is 29.2. The number of hydrogen-bond donors (Lipinski definition) is 0. The third-order valence-corrected chi connectivity index (χ3v) is 12.4. The van der Waals surface area contributed by atoms with Crippen LogP contribution < -0.4 is 0 Å². The molecule has 2 heteroatoms. The molecule has 0 saturated heterocycles. The van der Waals surface area contributed by atoms with E-state index in [1.807, 2.05) is 87.0 Å². The number of hydrogen-bond acceptors (Lipinski definition) is 1. The second kappa shape index (κ2) is 29.7. The average molecular weight is 937 g/mol. The number of allylic oxidation sites excluding steroid dienone is 7. The Labute approximate surface area is 429 Å². The van der Waals surface area contributed by atoms with Crippen molar-refractivity contribution in [2.75, 3.05) is 0 Å². The van der Waals surface area contributed by atoms with Gasteiger partial charge in [-0.2, -0.15) is 0 Å². The van der Waals surface area contributed by atoms with Crippen LogP contribution in [0.2, 0.25) is 0 Å². The molecule has 0 amide bonds. The minimum Gasteiger partial charge on any atom is -0.334 e. The second-order valence-corrected chi connectivity index (χ2v) is 16.7. The number of aryl methyl sites for hydroxylation is 2. The minimum absolute atomic E-state index is 0.526. The van der Waals surface area contributed by atoms with Crippen LogP contribution in [0.1, 0.15) is 112 Å². The van der Waals surface area contributed by atoms with Crippen LogP contribution in [0, 0.1) is 6.92 Å². The Bertz CT molecular complexity index is 2950. The van der Waals surface area contributed by atoms with E-state index in [-0.39, 0.29) is 0 Å². The Balaban J connectivity index is 0.00000102. The third-order valence-electron chi connectivity index (χ3n) is 12.4. The van der Waals surface area contributed by atoms with Gasteiger partial charge < -0.3 is 4.57 Å². The molecule has 71 heavy (non-hydrogen) atoms. The molecule has 0 aliphatic carbocycles. The number of nitrogens with zero attached hydrogens (tertiary/aromatic N) is 2. The van der Waals surface area contributed by atoms with Gasteiger partial charge in [-0.05, 0) is 154 Å². The van der Waals surface area contributed by atoms with E-state index in [4.69, 9.17) is 0 Å². The number of imidazole rings is 1. The molecular weight excluding hydrogens is 857 g/mol. The molecule has 8 aromatic rings. The topological polar surface area (TPSA) is 17.8 Å². The fourth-order valence-electron chi connectivity index (χ4n) is 8.39. The van der Waals surface area contributed by atoms with E-state index in [1.165, 1.54) is 72.3 Å². The van der Waals surface area contributed by atoms with E-state index < -0.39 is 0 Å². The van der Waals surface area contributed by atoms with Crippen molar-refractivity contribution < 1.29 is 0 Å². The summed E-state index contributed by atoms with van der Waals surface area (Å²) in [6, 6.07) is 58.4. The van der Waals surface area contributed by atoms with Crippen molar-refractivity contribution in [1.29, 1.82) is 0 Å². The van der Waals surface area contributed by atoms with Crippen molar-refractivity contribution in [3.8, 4) is 78.1 Å². The molecule has 0 radical (unpaired) electrons. The van der Waals surface area contributed by atoms with Gasteiger partial charge in [0.2, 0.25) is 0 Å². The van der Waals surface area contributed by atoms with Gasteiger partial charge in [0, 0.05) is 25.0 Å². The molecule has 0 N–H and O–H groups in total. The van der Waals surface area contributed by atoms with Crippen LogP contribution in [0.4, 0.5) is 0 Å². The third kappa shape index (κ3) is 14.6. The van der Waals surface area contributed by atoms with Crippen LogP contribution in [0.15, 0.2) is 213 Å². The van der Waals surface area contributed by atoms with Crippen LogP contribution in [-0.4, -0.2) is 9.55 Å². The summed E-state index contributed by atoms with van der Waals surface area (Å²) >= 11 is 0. The second-order valence-electron chi connectivity index (χ2n) is 16.7. The first-order valence-electron chi connectivity index (χ1n) is 26.0. The van der Waals surface area contributed by atoms with Crippen molar-refractivity contribution in [1.82, 2.24) is 9.55 Å². The number of benzene rings is 7. The van der Waals surface area contributed by atoms with Gasteiger partial charge in [-0.25, -0.2) is 4.98 Å². The lowest BCUT2D eigenvalue weighted by atomic mass is 9.85. The molecule has 0 fully saturated rings. The molecule has 0 spiro atoms. The Morgan fingerprint density at radius 2 is 0.958 bits per heavy atom. The molecule has 0 aliphatic heterocycles. The monoisotopic (exact) mass is 937 g/mol. The standard InChI is InChI=1S/C59H54N2.C4H8.3C2H6/c1-7-9-10-11-18-42(4)48-33-34-52(43(5)37-48)58-24-17-16-23-57(58)51-39-49(55-21-14-12-19-53(55)45-27-25-44(26-28-45)41(3)8-2)38-50(40-51)56-22-15-13-20-54(56)46-29-31-47(32-30-46)59-60-35-36-61(59)6;1-3-4-2;3*1-2/h7,9,11-41H,4,8,10H2,1-3,5-6H3;3-4H,1-2H3;3*1-2H3/b9-7-,18-11-;4-3-;;;. The maximum absolute atomic E-state index is 4.59. The van der Waals surface area contributed by atoms with Crippen LogP contribution in [-0.2, 0) is 7.05 Å². The molecule has 366 valence electrons. The SMILES string of the molecule is C/C=C\C.C=C(/C=C\C/C=C\C)c1ccc(-c2ccccc2-c2cc(-c3ccccc3-c3ccc(-c4nccn4C)cc3)cc(-c3ccccc3-c3ccc(C(C)CC)cc3)c2)c(C)c1.CC.CC.CC. The maximum Gasteiger partial charge on any atom is 0.139 e. The highest BCUT2D eigenvalue weighted by atomic mass is 15.0. The van der Waals surface area contributed by atoms with E-state index in [0.717, 1.165) is 40.9 Å². The zero-order valence-corrected chi connectivity index (χ0v) is 45.2. The molecule has 7 aromatic carbocycles. The number of aromatic nitrogens is 2. The molecule has 1 unspecified atom stereocenters. The predicted octanol–water partition coefficient (Wildman–Crippen LogP) is 21.1. The summed E-state index contributed by atoms with van der Waals surface area (Å²) in [4.78, 5) is 4.59. The van der Waals surface area contributed by atoms with Crippen molar-refractivity contribution in [3.63, 3.8) is 0 Å². The first-order valence-corrected chi connectivity index (χ1v) is 26.0. The van der Waals surface area contributed by atoms with Crippen molar-refractivity contribution >= 4 is 5.57 Å². The first-order chi connectivity index (χ1) is 34.7. The van der Waals surface area contributed by atoms with Crippen molar-refractivity contribution in [2.45, 2.75) is 102 Å². The lowest BCUT2D eigenvalue weighted by Crippen LogP contribution is -1.94. The molecule has 0 bridgehead atoms. The fourth-order valence-corrected chi connectivity index (χ4v) is 8.39. The van der Waals surface area contributed by atoms with Gasteiger partial charge in [-0.1, -0.05) is 238 Å². The molecule has 0 aliphatic rings. The quantitative estimate of drug-likeness (QED) is 0.0832. The van der Waals surface area contributed by atoms with E-state index >= 15 is 0 Å². The van der Waals surface area contributed by atoms with E-state index in [0.29, 0.717) is 5.92 Å². The zero-order valence-electron chi connectivity index (χ0n) is 45.2. The Morgan fingerprint density at radius 1 is 0.521 bits per heavy atom. The predicted molar refractivity (Wildman–Crippen MR) is 317 cm³/mol. The Kier molecular flexibility index (Phi) is 23.5. The lowest BCUT2D eigenvalue weighted by molar-refractivity contribution is 0.734. The summed E-state index contributed by atoms with van der Waals surface area (Å²) in [5.41, 5.74) is 20.2. The summed E-state index contributed by atoms with van der Waals surface area (Å²) < 4.78 is 2.06. The molecule has 2 nitrogen and oxygen atoms in total. The summed E-state index contributed by atoms with van der Waals surface area (Å²) in [5, 5.41) is 0. The fraction of sp³-hybridized carbons (Fsp3) is 0.232. The highest BCUT2D eigenvalue weighted by Crippen LogP contribution is 2.43. The van der Waals surface area contributed by atoms with E-state index in [2.05, 4.69) is 226 Å². The van der Waals surface area contributed by atoms with Gasteiger partial charge in [-0.3, -0.25) is 0 Å². The average Bonchev–Trinajstić information content (AvgIpc) is 3.88. The lowest BCUT2D eigenvalue weighted by Gasteiger charge is -2.19. The van der Waals surface area contributed by atoms with Crippen LogP contribution in [0.5, 0.6) is 0 Å². The van der Waals surface area contributed by atoms with Crippen LogP contribution in [0.25, 0.3) is 83.7 Å². The summed E-state index contributed by atoms with van der Waals surface area (Å²) in [5.74, 6) is 1.48. The molecular formula is C69H80N2. The smallest absolute Gasteiger partial charge is 0.139 e. The maximum atomic E-state index is 4.59. The van der Waals surface area contributed by atoms with Gasteiger partial charge in [0.15, 0.2) is 0 Å². The van der Waals surface area contributed by atoms with Gasteiger partial charge in [0.1, 0.15) is 5.82 Å². The summed E-state index contributed by atoms with van der Waals surface area (Å²) in [6.07, 6.45) is 18.4.